The fourth-order valence-corrected chi connectivity index (χ4v) is 2.93. The van der Waals surface area contributed by atoms with E-state index in [9.17, 15) is 9.59 Å². The van der Waals surface area contributed by atoms with Gasteiger partial charge >= 0.3 is 5.97 Å². The van der Waals surface area contributed by atoms with Crippen molar-refractivity contribution in [2.75, 3.05) is 13.2 Å². The van der Waals surface area contributed by atoms with Crippen molar-refractivity contribution in [3.05, 3.63) is 58.3 Å². The van der Waals surface area contributed by atoms with Gasteiger partial charge in [-0.2, -0.15) is 0 Å². The molecule has 0 aliphatic rings. The van der Waals surface area contributed by atoms with E-state index in [1.165, 1.54) is 0 Å². The molecule has 0 atom stereocenters. The maximum absolute atomic E-state index is 12.6. The Morgan fingerprint density at radius 3 is 2.57 bits per heavy atom. The summed E-state index contributed by atoms with van der Waals surface area (Å²) in [4.78, 5) is 26.9. The molecule has 122 valence electrons. The first-order valence-electron chi connectivity index (χ1n) is 7.68. The van der Waals surface area contributed by atoms with Crippen LogP contribution < -0.4 is 0 Å². The minimum atomic E-state index is -0.269. The Kier molecular flexibility index (Phi) is 6.81. The second-order valence-electron chi connectivity index (χ2n) is 5.11. The summed E-state index contributed by atoms with van der Waals surface area (Å²) in [7, 11) is 0. The van der Waals surface area contributed by atoms with E-state index >= 15 is 0 Å². The Labute approximate surface area is 140 Å². The first kappa shape index (κ1) is 17.2. The van der Waals surface area contributed by atoms with Gasteiger partial charge in [0.05, 0.1) is 19.4 Å². The van der Waals surface area contributed by atoms with E-state index in [0.717, 1.165) is 10.4 Å². The molecule has 0 unspecified atom stereocenters. The van der Waals surface area contributed by atoms with Crippen LogP contribution in [0.5, 0.6) is 0 Å². The molecule has 1 heterocycles. The molecule has 2 aromatic rings. The van der Waals surface area contributed by atoms with Gasteiger partial charge in [-0.25, -0.2) is 0 Å². The molecule has 0 aliphatic carbocycles. The quantitative estimate of drug-likeness (QED) is 0.698. The van der Waals surface area contributed by atoms with Crippen LogP contribution in [0.15, 0.2) is 47.8 Å². The number of hydrogen-bond donors (Lipinski definition) is 0. The van der Waals surface area contributed by atoms with Crippen LogP contribution in [0.2, 0.25) is 0 Å². The highest BCUT2D eigenvalue weighted by Crippen LogP contribution is 2.13. The lowest BCUT2D eigenvalue weighted by Crippen LogP contribution is -2.33. The highest BCUT2D eigenvalue weighted by Gasteiger charge is 2.16. The standard InChI is InChI=1S/C18H21NO3S/c1-2-22-18(21)10-11-19(14-15-7-4-3-5-8-15)17(20)13-16-9-6-12-23-16/h3-9,12H,2,10-11,13-14H2,1H3. The van der Waals surface area contributed by atoms with Gasteiger partial charge in [0.1, 0.15) is 0 Å². The zero-order valence-electron chi connectivity index (χ0n) is 13.2. The Morgan fingerprint density at radius 1 is 1.13 bits per heavy atom. The van der Waals surface area contributed by atoms with Gasteiger partial charge in [-0.05, 0) is 23.9 Å². The summed E-state index contributed by atoms with van der Waals surface area (Å²) in [5.74, 6) is -0.241. The fraction of sp³-hybridized carbons (Fsp3) is 0.333. The Balaban J connectivity index is 2.00. The van der Waals surface area contributed by atoms with Gasteiger partial charge in [0.2, 0.25) is 5.91 Å². The zero-order valence-corrected chi connectivity index (χ0v) is 14.1. The lowest BCUT2D eigenvalue weighted by molar-refractivity contribution is -0.144. The van der Waals surface area contributed by atoms with Gasteiger partial charge in [0.15, 0.2) is 0 Å². The van der Waals surface area contributed by atoms with Crippen molar-refractivity contribution in [1.82, 2.24) is 4.90 Å². The first-order valence-corrected chi connectivity index (χ1v) is 8.56. The second kappa shape index (κ2) is 9.10. The minimum absolute atomic E-state index is 0.0283. The molecule has 0 spiro atoms. The summed E-state index contributed by atoms with van der Waals surface area (Å²) >= 11 is 1.57. The number of amides is 1. The van der Waals surface area contributed by atoms with E-state index in [1.807, 2.05) is 47.8 Å². The molecule has 2 rings (SSSR count). The van der Waals surface area contributed by atoms with Gasteiger partial charge in [0.25, 0.3) is 0 Å². The number of esters is 1. The molecule has 0 fully saturated rings. The van der Waals surface area contributed by atoms with Crippen LogP contribution in [0.1, 0.15) is 23.8 Å². The molecule has 4 nitrogen and oxygen atoms in total. The molecular formula is C18H21NO3S. The number of carbonyl (C=O) groups is 2. The third kappa shape index (κ3) is 5.87. The third-order valence-electron chi connectivity index (χ3n) is 3.37. The van der Waals surface area contributed by atoms with E-state index in [2.05, 4.69) is 0 Å². The van der Waals surface area contributed by atoms with E-state index in [-0.39, 0.29) is 18.3 Å². The van der Waals surface area contributed by atoms with E-state index in [1.54, 1.807) is 23.2 Å². The normalized spacial score (nSPS) is 10.3. The van der Waals surface area contributed by atoms with Crippen molar-refractivity contribution >= 4 is 23.2 Å². The predicted molar refractivity (Wildman–Crippen MR) is 91.1 cm³/mol. The van der Waals surface area contributed by atoms with Gasteiger partial charge in [0, 0.05) is 18.0 Å². The Hall–Kier alpha value is -2.14. The van der Waals surface area contributed by atoms with Crippen molar-refractivity contribution < 1.29 is 14.3 Å². The number of thiophene rings is 1. The van der Waals surface area contributed by atoms with Crippen molar-refractivity contribution in [2.45, 2.75) is 26.3 Å². The smallest absolute Gasteiger partial charge is 0.307 e. The molecule has 1 amide bonds. The lowest BCUT2D eigenvalue weighted by Gasteiger charge is -2.22. The molecule has 0 N–H and O–H groups in total. The van der Waals surface area contributed by atoms with Crippen LogP contribution in [-0.2, 0) is 27.3 Å². The summed E-state index contributed by atoms with van der Waals surface area (Å²) in [6.45, 7) is 3.02. The first-order chi connectivity index (χ1) is 11.2. The minimum Gasteiger partial charge on any atom is -0.466 e. The average Bonchev–Trinajstić information content (AvgIpc) is 3.05. The Morgan fingerprint density at radius 2 is 1.91 bits per heavy atom. The highest BCUT2D eigenvalue weighted by atomic mass is 32.1. The van der Waals surface area contributed by atoms with Crippen LogP contribution in [-0.4, -0.2) is 29.9 Å². The van der Waals surface area contributed by atoms with Crippen molar-refractivity contribution in [1.29, 1.82) is 0 Å². The van der Waals surface area contributed by atoms with Crippen LogP contribution in [0, 0.1) is 0 Å². The summed E-state index contributed by atoms with van der Waals surface area (Å²) in [5.41, 5.74) is 1.05. The number of rotatable bonds is 8. The van der Waals surface area contributed by atoms with Crippen LogP contribution in [0.4, 0.5) is 0 Å². The van der Waals surface area contributed by atoms with Crippen LogP contribution >= 0.6 is 11.3 Å². The van der Waals surface area contributed by atoms with Crippen LogP contribution in [0.25, 0.3) is 0 Å². The molecule has 0 saturated heterocycles. The molecule has 0 aliphatic heterocycles. The molecule has 23 heavy (non-hydrogen) atoms. The van der Waals surface area contributed by atoms with Crippen molar-refractivity contribution in [3.8, 4) is 0 Å². The molecule has 0 saturated carbocycles. The van der Waals surface area contributed by atoms with E-state index < -0.39 is 0 Å². The largest absolute Gasteiger partial charge is 0.466 e. The van der Waals surface area contributed by atoms with E-state index in [0.29, 0.717) is 26.1 Å². The maximum atomic E-state index is 12.6. The highest BCUT2D eigenvalue weighted by molar-refractivity contribution is 7.10. The average molecular weight is 331 g/mol. The summed E-state index contributed by atoms with van der Waals surface area (Å²) < 4.78 is 4.95. The van der Waals surface area contributed by atoms with Gasteiger partial charge < -0.3 is 9.64 Å². The van der Waals surface area contributed by atoms with Gasteiger partial charge in [-0.15, -0.1) is 11.3 Å². The second-order valence-corrected chi connectivity index (χ2v) is 6.14. The SMILES string of the molecule is CCOC(=O)CCN(Cc1ccccc1)C(=O)Cc1cccs1. The van der Waals surface area contributed by atoms with Crippen molar-refractivity contribution in [2.24, 2.45) is 0 Å². The van der Waals surface area contributed by atoms with Gasteiger partial charge in [-0.1, -0.05) is 36.4 Å². The topological polar surface area (TPSA) is 46.6 Å². The summed E-state index contributed by atoms with van der Waals surface area (Å²) in [5, 5.41) is 1.96. The molecule has 1 aromatic heterocycles. The summed E-state index contributed by atoms with van der Waals surface area (Å²) in [6.07, 6.45) is 0.587. The molecule has 1 aromatic carbocycles. The summed E-state index contributed by atoms with van der Waals surface area (Å²) in [6, 6.07) is 13.7. The van der Waals surface area contributed by atoms with Crippen molar-refractivity contribution in [3.63, 3.8) is 0 Å². The predicted octanol–water partition coefficient (Wildman–Crippen LogP) is 3.27. The number of benzene rings is 1. The maximum Gasteiger partial charge on any atom is 0.307 e. The lowest BCUT2D eigenvalue weighted by atomic mass is 10.2. The zero-order chi connectivity index (χ0) is 16.5. The number of carbonyl (C=O) groups excluding carboxylic acids is 2. The Bertz CT molecular complexity index is 610. The third-order valence-corrected chi connectivity index (χ3v) is 4.24. The molecular weight excluding hydrogens is 310 g/mol. The van der Waals surface area contributed by atoms with Crippen LogP contribution in [0.3, 0.4) is 0 Å². The fourth-order valence-electron chi connectivity index (χ4n) is 2.23. The number of nitrogens with zero attached hydrogens (tertiary/aromatic N) is 1. The number of ether oxygens (including phenoxy) is 1. The number of hydrogen-bond acceptors (Lipinski definition) is 4. The monoisotopic (exact) mass is 331 g/mol. The van der Waals surface area contributed by atoms with E-state index in [4.69, 9.17) is 4.74 Å². The van der Waals surface area contributed by atoms with Gasteiger partial charge in [-0.3, -0.25) is 9.59 Å². The molecule has 0 bridgehead atoms. The molecule has 5 heteroatoms. The molecule has 0 radical (unpaired) electrons.